The summed E-state index contributed by atoms with van der Waals surface area (Å²) in [5.41, 5.74) is 0.132. The molecule has 21 atom stereocenters. The number of aliphatic hydroxyl groups is 7. The molecule has 0 aromatic carbocycles. The number of ketones is 1. The molecule has 3 saturated heterocycles. The quantitative estimate of drug-likeness (QED) is 0.163. The lowest BCUT2D eigenvalue weighted by molar-refractivity contribution is -0.364. The van der Waals surface area contributed by atoms with Crippen LogP contribution in [-0.2, 0) is 23.7 Å². The largest absolute Gasteiger partial charge is 0.394 e. The Morgan fingerprint density at radius 1 is 0.788 bits per heavy atom. The molecule has 4 aliphatic carbocycles. The van der Waals surface area contributed by atoms with Crippen molar-refractivity contribution in [1.29, 1.82) is 0 Å². The Hall–Kier alpha value is -0.810. The van der Waals surface area contributed by atoms with E-state index in [1.165, 1.54) is 32.1 Å². The van der Waals surface area contributed by atoms with Crippen molar-refractivity contribution >= 4 is 5.78 Å². The minimum atomic E-state index is -1.74. The van der Waals surface area contributed by atoms with Crippen LogP contribution in [0.4, 0.5) is 0 Å². The first-order chi connectivity index (χ1) is 24.7. The zero-order chi connectivity index (χ0) is 37.3. The van der Waals surface area contributed by atoms with Gasteiger partial charge in [0.25, 0.3) is 0 Å². The molecule has 4 saturated carbocycles. The highest BCUT2D eigenvalue weighted by Gasteiger charge is 2.63. The Bertz CT molecular complexity index is 1250. The van der Waals surface area contributed by atoms with Gasteiger partial charge in [-0.15, -0.1) is 0 Å². The number of ether oxygens (including phenoxy) is 4. The van der Waals surface area contributed by atoms with Crippen LogP contribution in [0.15, 0.2) is 0 Å². The minimum Gasteiger partial charge on any atom is -0.394 e. The molecular weight excluding hydrogens is 674 g/mol. The van der Waals surface area contributed by atoms with Crippen molar-refractivity contribution in [1.82, 2.24) is 5.32 Å². The van der Waals surface area contributed by atoms with Gasteiger partial charge >= 0.3 is 0 Å². The predicted molar refractivity (Wildman–Crippen MR) is 186 cm³/mol. The van der Waals surface area contributed by atoms with Crippen molar-refractivity contribution in [3.05, 3.63) is 0 Å². The molecule has 7 rings (SSSR count). The van der Waals surface area contributed by atoms with Crippen LogP contribution in [-0.4, -0.2) is 135 Å². The van der Waals surface area contributed by atoms with Crippen molar-refractivity contribution < 1.29 is 59.5 Å². The van der Waals surface area contributed by atoms with Gasteiger partial charge < -0.3 is 60.0 Å². The highest BCUT2D eigenvalue weighted by atomic mass is 16.7. The second kappa shape index (κ2) is 15.3. The van der Waals surface area contributed by atoms with Gasteiger partial charge in [-0.1, -0.05) is 27.7 Å². The van der Waals surface area contributed by atoms with Crippen LogP contribution in [0.1, 0.15) is 91.9 Å². The molecule has 3 aliphatic heterocycles. The third-order valence-electron chi connectivity index (χ3n) is 15.7. The number of piperidine rings is 1. The Labute approximate surface area is 307 Å². The Morgan fingerprint density at radius 3 is 2.13 bits per heavy atom. The zero-order valence-electron chi connectivity index (χ0n) is 31.3. The molecule has 13 heteroatoms. The van der Waals surface area contributed by atoms with E-state index in [1.54, 1.807) is 0 Å². The van der Waals surface area contributed by atoms with Gasteiger partial charge in [-0.3, -0.25) is 4.79 Å². The maximum atomic E-state index is 14.2. The number of hydrogen-bond donors (Lipinski definition) is 8. The molecule has 7 fully saturated rings. The lowest BCUT2D eigenvalue weighted by Crippen LogP contribution is -2.65. The molecule has 0 bridgehead atoms. The molecular formula is C39H65NO12. The topological polar surface area (TPSA) is 208 Å². The van der Waals surface area contributed by atoms with Gasteiger partial charge in [0, 0.05) is 18.4 Å². The average molecular weight is 740 g/mol. The smallest absolute Gasteiger partial charge is 0.187 e. The maximum Gasteiger partial charge on any atom is 0.187 e. The third kappa shape index (κ3) is 6.74. The summed E-state index contributed by atoms with van der Waals surface area (Å²) < 4.78 is 23.3. The van der Waals surface area contributed by atoms with Crippen molar-refractivity contribution in [2.75, 3.05) is 19.8 Å². The standard InChI is InChI=1S/C39H65NO12/c1-18-5-8-26(40-15-18)19(2)22-6-7-23-21-14-27(43)25-13-20(9-11-39(25,4)24(21)10-12-38(22,23)3)49-36-34(48)32(46)35(29(17-42)51-36)52-37-33(47)31(45)30(44)28(16-41)50-37/h18-26,28-37,40-42,44-48H,5-17H2,1-4H3. The number of nitrogens with one attached hydrogen (secondary N) is 1. The summed E-state index contributed by atoms with van der Waals surface area (Å²) >= 11 is 0. The van der Waals surface area contributed by atoms with E-state index in [9.17, 15) is 40.5 Å². The SMILES string of the molecule is CC1CCC(C(C)C2CCC3C4CC(=O)C5CC(OC6OC(CO)C(OC7OC(CO)C(O)C(O)C7O)C(O)C6O)CCC5(C)C4CCC23C)NC1. The number of carbonyl (C=O) groups is 1. The first-order valence-corrected chi connectivity index (χ1v) is 20.2. The van der Waals surface area contributed by atoms with E-state index in [0.717, 1.165) is 25.3 Å². The van der Waals surface area contributed by atoms with Gasteiger partial charge in [-0.25, -0.2) is 0 Å². The Kier molecular flexibility index (Phi) is 11.6. The molecule has 0 aromatic heterocycles. The van der Waals surface area contributed by atoms with Gasteiger partial charge in [0.15, 0.2) is 12.6 Å². The normalized spacial score (nSPS) is 54.6. The van der Waals surface area contributed by atoms with Crippen molar-refractivity contribution in [2.45, 2.75) is 165 Å². The molecule has 52 heavy (non-hydrogen) atoms. The number of carbonyl (C=O) groups excluding carboxylic acids is 1. The van der Waals surface area contributed by atoms with Crippen LogP contribution in [0.2, 0.25) is 0 Å². The minimum absolute atomic E-state index is 0.129. The summed E-state index contributed by atoms with van der Waals surface area (Å²) in [4.78, 5) is 14.2. The maximum absolute atomic E-state index is 14.2. The number of rotatable bonds is 8. The lowest BCUT2D eigenvalue weighted by atomic mass is 9.44. The van der Waals surface area contributed by atoms with E-state index in [0.29, 0.717) is 60.7 Å². The first-order valence-electron chi connectivity index (χ1n) is 20.2. The van der Waals surface area contributed by atoms with Crippen LogP contribution in [0.25, 0.3) is 0 Å². The second-order valence-electron chi connectivity index (χ2n) is 18.4. The summed E-state index contributed by atoms with van der Waals surface area (Å²) in [6.45, 7) is 9.49. The van der Waals surface area contributed by atoms with Crippen LogP contribution >= 0.6 is 0 Å². The molecule has 8 N–H and O–H groups in total. The third-order valence-corrected chi connectivity index (χ3v) is 15.7. The molecule has 7 aliphatic rings. The first kappa shape index (κ1) is 39.4. The number of fused-ring (bicyclic) bond motifs is 5. The molecule has 0 radical (unpaired) electrons. The number of aliphatic hydroxyl groups excluding tert-OH is 7. The van der Waals surface area contributed by atoms with Gasteiger partial charge in [0.05, 0.1) is 19.3 Å². The Morgan fingerprint density at radius 2 is 1.44 bits per heavy atom. The van der Waals surface area contributed by atoms with E-state index in [-0.39, 0.29) is 16.7 Å². The molecule has 0 aromatic rings. The average Bonchev–Trinajstić information content (AvgIpc) is 3.49. The fourth-order valence-corrected chi connectivity index (χ4v) is 12.6. The summed E-state index contributed by atoms with van der Waals surface area (Å²) in [5.74, 6) is 3.66. The van der Waals surface area contributed by atoms with Gasteiger partial charge in [0.2, 0.25) is 0 Å². The van der Waals surface area contributed by atoms with Crippen LogP contribution in [0.3, 0.4) is 0 Å². The summed E-state index contributed by atoms with van der Waals surface area (Å²) in [6, 6.07) is 0.584. The van der Waals surface area contributed by atoms with Gasteiger partial charge in [-0.05, 0) is 111 Å². The molecule has 21 unspecified atom stereocenters. The fraction of sp³-hybridized carbons (Fsp3) is 0.974. The van der Waals surface area contributed by atoms with Gasteiger partial charge in [0.1, 0.15) is 54.6 Å². The molecule has 298 valence electrons. The number of Topliss-reactive ketones (excluding diaryl/α,β-unsaturated/α-hetero) is 1. The van der Waals surface area contributed by atoms with Crippen molar-refractivity contribution in [3.63, 3.8) is 0 Å². The highest BCUT2D eigenvalue weighted by Crippen LogP contribution is 2.68. The predicted octanol–water partition coefficient (Wildman–Crippen LogP) is 0.858. The van der Waals surface area contributed by atoms with Crippen molar-refractivity contribution in [3.8, 4) is 0 Å². The van der Waals surface area contributed by atoms with E-state index in [2.05, 4.69) is 33.0 Å². The van der Waals surface area contributed by atoms with E-state index < -0.39 is 80.7 Å². The fourth-order valence-electron chi connectivity index (χ4n) is 12.6. The Balaban J connectivity index is 0.981. The monoisotopic (exact) mass is 739 g/mol. The van der Waals surface area contributed by atoms with Gasteiger partial charge in [-0.2, -0.15) is 0 Å². The summed E-state index contributed by atoms with van der Waals surface area (Å²) in [6.07, 6.45) is -5.43. The zero-order valence-corrected chi connectivity index (χ0v) is 31.3. The molecule has 0 amide bonds. The number of hydrogen-bond acceptors (Lipinski definition) is 13. The van der Waals surface area contributed by atoms with Crippen LogP contribution in [0, 0.1) is 52.3 Å². The van der Waals surface area contributed by atoms with E-state index >= 15 is 0 Å². The lowest BCUT2D eigenvalue weighted by Gasteiger charge is -2.61. The van der Waals surface area contributed by atoms with Crippen molar-refractivity contribution in [2.24, 2.45) is 52.3 Å². The van der Waals surface area contributed by atoms with Crippen LogP contribution < -0.4 is 5.32 Å². The van der Waals surface area contributed by atoms with E-state index in [1.807, 2.05) is 0 Å². The summed E-state index contributed by atoms with van der Waals surface area (Å²) in [5, 5.41) is 76.6. The molecule has 0 spiro atoms. The van der Waals surface area contributed by atoms with E-state index in [4.69, 9.17) is 18.9 Å². The summed E-state index contributed by atoms with van der Waals surface area (Å²) in [7, 11) is 0. The molecule has 13 nitrogen and oxygen atoms in total. The van der Waals surface area contributed by atoms with Crippen LogP contribution in [0.5, 0.6) is 0 Å². The second-order valence-corrected chi connectivity index (χ2v) is 18.4. The highest BCUT2D eigenvalue weighted by molar-refractivity contribution is 5.83. The molecule has 3 heterocycles.